The zero-order valence-electron chi connectivity index (χ0n) is 22.0. The molecule has 1 aromatic carbocycles. The Morgan fingerprint density at radius 2 is 1.17 bits per heavy atom. The van der Waals surface area contributed by atoms with Crippen molar-refractivity contribution >= 4 is 40.6 Å². The van der Waals surface area contributed by atoms with Gasteiger partial charge in [0.05, 0.1) is 26.4 Å². The SMILES string of the molecule is CC(C)(C)OC(=O)CN(CC(=O)OC(C)(C)C)C(=O)OCCOCCOCCOc1ccc(I)cc1. The van der Waals surface area contributed by atoms with Gasteiger partial charge in [0.2, 0.25) is 0 Å². The van der Waals surface area contributed by atoms with E-state index in [1.165, 1.54) is 0 Å². The maximum Gasteiger partial charge on any atom is 0.410 e. The zero-order valence-corrected chi connectivity index (χ0v) is 24.1. The van der Waals surface area contributed by atoms with Gasteiger partial charge in [0, 0.05) is 3.57 Å². The van der Waals surface area contributed by atoms with E-state index in [0.29, 0.717) is 26.4 Å². The van der Waals surface area contributed by atoms with Crippen LogP contribution in [0, 0.1) is 3.57 Å². The van der Waals surface area contributed by atoms with Crippen molar-refractivity contribution in [3.05, 3.63) is 27.8 Å². The summed E-state index contributed by atoms with van der Waals surface area (Å²) in [5, 5.41) is 0. The van der Waals surface area contributed by atoms with E-state index in [2.05, 4.69) is 22.6 Å². The highest BCUT2D eigenvalue weighted by atomic mass is 127. The number of rotatable bonds is 14. The lowest BCUT2D eigenvalue weighted by molar-refractivity contribution is -0.159. The largest absolute Gasteiger partial charge is 0.491 e. The molecular formula is C25H38INO9. The van der Waals surface area contributed by atoms with Crippen molar-refractivity contribution in [1.82, 2.24) is 4.90 Å². The Bertz CT molecular complexity index is 786. The third-order valence-electron chi connectivity index (χ3n) is 3.87. The van der Waals surface area contributed by atoms with Gasteiger partial charge >= 0.3 is 18.0 Å². The van der Waals surface area contributed by atoms with E-state index in [4.69, 9.17) is 28.4 Å². The molecular weight excluding hydrogens is 585 g/mol. The first-order valence-corrected chi connectivity index (χ1v) is 12.7. The third-order valence-corrected chi connectivity index (χ3v) is 4.59. The van der Waals surface area contributed by atoms with Crippen LogP contribution in [-0.2, 0) is 33.3 Å². The van der Waals surface area contributed by atoms with Crippen LogP contribution in [0.1, 0.15) is 41.5 Å². The van der Waals surface area contributed by atoms with E-state index in [1.807, 2.05) is 24.3 Å². The molecule has 0 spiro atoms. The Kier molecular flexibility index (Phi) is 14.1. The summed E-state index contributed by atoms with van der Waals surface area (Å²) in [6.45, 7) is 10.9. The Morgan fingerprint density at radius 1 is 0.722 bits per heavy atom. The van der Waals surface area contributed by atoms with Crippen molar-refractivity contribution in [2.45, 2.75) is 52.7 Å². The first kappa shape index (κ1) is 31.9. The number of hydrogen-bond acceptors (Lipinski definition) is 9. The maximum absolute atomic E-state index is 12.5. The fraction of sp³-hybridized carbons (Fsp3) is 0.640. The second kappa shape index (κ2) is 15.9. The second-order valence-corrected chi connectivity index (χ2v) is 10.9. The minimum absolute atomic E-state index is 0.0616. The molecule has 36 heavy (non-hydrogen) atoms. The number of hydrogen-bond donors (Lipinski definition) is 0. The van der Waals surface area contributed by atoms with E-state index in [-0.39, 0.29) is 13.2 Å². The molecule has 0 saturated carbocycles. The van der Waals surface area contributed by atoms with Crippen molar-refractivity contribution in [3.63, 3.8) is 0 Å². The fourth-order valence-electron chi connectivity index (χ4n) is 2.59. The van der Waals surface area contributed by atoms with E-state index >= 15 is 0 Å². The summed E-state index contributed by atoms with van der Waals surface area (Å²) >= 11 is 2.23. The lowest BCUT2D eigenvalue weighted by Crippen LogP contribution is -2.43. The first-order chi connectivity index (χ1) is 16.7. The Balaban J connectivity index is 2.30. The number of carbonyl (C=O) groups is 3. The van der Waals surface area contributed by atoms with E-state index in [9.17, 15) is 14.4 Å². The number of amides is 1. The Hall–Kier alpha value is -2.12. The van der Waals surface area contributed by atoms with Crippen LogP contribution in [-0.4, -0.2) is 86.9 Å². The van der Waals surface area contributed by atoms with Gasteiger partial charge in [0.25, 0.3) is 0 Å². The van der Waals surface area contributed by atoms with Crippen LogP contribution in [0.2, 0.25) is 0 Å². The van der Waals surface area contributed by atoms with Gasteiger partial charge in [-0.15, -0.1) is 0 Å². The van der Waals surface area contributed by atoms with E-state index < -0.39 is 42.3 Å². The van der Waals surface area contributed by atoms with Gasteiger partial charge in [-0.1, -0.05) is 0 Å². The maximum atomic E-state index is 12.5. The second-order valence-electron chi connectivity index (χ2n) is 9.67. The van der Waals surface area contributed by atoms with Crippen molar-refractivity contribution in [2.75, 3.05) is 52.7 Å². The highest BCUT2D eigenvalue weighted by molar-refractivity contribution is 14.1. The number of nitrogens with zero attached hydrogens (tertiary/aromatic N) is 1. The predicted molar refractivity (Wildman–Crippen MR) is 141 cm³/mol. The number of esters is 2. The minimum atomic E-state index is -0.848. The van der Waals surface area contributed by atoms with Crippen molar-refractivity contribution < 1.29 is 42.8 Å². The molecule has 0 aliphatic rings. The van der Waals surface area contributed by atoms with Gasteiger partial charge in [-0.3, -0.25) is 14.5 Å². The normalized spacial score (nSPS) is 11.5. The zero-order chi connectivity index (χ0) is 27.2. The van der Waals surface area contributed by atoms with Crippen LogP contribution in [0.3, 0.4) is 0 Å². The molecule has 0 aromatic heterocycles. The highest BCUT2D eigenvalue weighted by Gasteiger charge is 2.27. The molecule has 11 heteroatoms. The Morgan fingerprint density at radius 3 is 1.64 bits per heavy atom. The van der Waals surface area contributed by atoms with Crippen molar-refractivity contribution in [1.29, 1.82) is 0 Å². The van der Waals surface area contributed by atoms with Crippen LogP contribution in [0.25, 0.3) is 0 Å². The number of benzene rings is 1. The molecule has 1 aromatic rings. The molecule has 0 heterocycles. The van der Waals surface area contributed by atoms with Gasteiger partial charge in [-0.2, -0.15) is 0 Å². The average molecular weight is 623 g/mol. The van der Waals surface area contributed by atoms with Gasteiger partial charge in [0.1, 0.15) is 43.3 Å². The van der Waals surface area contributed by atoms with Crippen LogP contribution in [0.5, 0.6) is 5.75 Å². The average Bonchev–Trinajstić information content (AvgIpc) is 2.73. The standard InChI is InChI=1S/C25H38INO9/c1-24(2,3)35-21(28)17-27(18-22(29)36-25(4,5)6)23(30)34-16-14-32-12-11-31-13-15-33-20-9-7-19(26)8-10-20/h7-10H,11-18H2,1-6H3. The summed E-state index contributed by atoms with van der Waals surface area (Å²) in [5.41, 5.74) is -1.47. The van der Waals surface area contributed by atoms with Crippen LogP contribution in [0.15, 0.2) is 24.3 Å². The summed E-state index contributed by atoms with van der Waals surface area (Å²) < 4.78 is 33.2. The summed E-state index contributed by atoms with van der Waals surface area (Å²) in [5.74, 6) is -0.547. The predicted octanol–water partition coefficient (Wildman–Crippen LogP) is 3.83. The quantitative estimate of drug-likeness (QED) is 0.132. The molecule has 0 fully saturated rings. The van der Waals surface area contributed by atoms with Gasteiger partial charge < -0.3 is 28.4 Å². The highest BCUT2D eigenvalue weighted by Crippen LogP contribution is 2.13. The fourth-order valence-corrected chi connectivity index (χ4v) is 2.95. The molecule has 10 nitrogen and oxygen atoms in total. The Labute approximate surface area is 227 Å². The first-order valence-electron chi connectivity index (χ1n) is 11.6. The van der Waals surface area contributed by atoms with Crippen LogP contribution >= 0.6 is 22.6 Å². The van der Waals surface area contributed by atoms with Crippen molar-refractivity contribution in [3.8, 4) is 5.75 Å². The molecule has 0 radical (unpaired) electrons. The monoisotopic (exact) mass is 623 g/mol. The molecule has 0 aliphatic heterocycles. The van der Waals surface area contributed by atoms with Gasteiger partial charge in [-0.25, -0.2) is 4.79 Å². The molecule has 0 atom stereocenters. The van der Waals surface area contributed by atoms with Crippen molar-refractivity contribution in [2.24, 2.45) is 0 Å². The third kappa shape index (κ3) is 16.5. The topological polar surface area (TPSA) is 110 Å². The lowest BCUT2D eigenvalue weighted by atomic mass is 10.2. The molecule has 0 saturated heterocycles. The van der Waals surface area contributed by atoms with Crippen LogP contribution < -0.4 is 4.74 Å². The number of carbonyl (C=O) groups excluding carboxylic acids is 3. The molecule has 1 rings (SSSR count). The smallest absolute Gasteiger partial charge is 0.410 e. The molecule has 0 N–H and O–H groups in total. The summed E-state index contributed by atoms with van der Waals surface area (Å²) in [6, 6.07) is 7.72. The summed E-state index contributed by atoms with van der Waals surface area (Å²) in [4.78, 5) is 37.8. The van der Waals surface area contributed by atoms with E-state index in [0.717, 1.165) is 14.2 Å². The number of ether oxygens (including phenoxy) is 6. The molecule has 0 bridgehead atoms. The summed E-state index contributed by atoms with van der Waals surface area (Å²) in [7, 11) is 0. The molecule has 0 aliphatic carbocycles. The summed E-state index contributed by atoms with van der Waals surface area (Å²) in [6.07, 6.45) is -0.848. The number of halogens is 1. The van der Waals surface area contributed by atoms with E-state index in [1.54, 1.807) is 41.5 Å². The molecule has 204 valence electrons. The molecule has 0 unspecified atom stereocenters. The lowest BCUT2D eigenvalue weighted by Gasteiger charge is -2.26. The minimum Gasteiger partial charge on any atom is -0.491 e. The molecule has 1 amide bonds. The van der Waals surface area contributed by atoms with Gasteiger partial charge in [0.15, 0.2) is 0 Å². The van der Waals surface area contributed by atoms with Crippen LogP contribution in [0.4, 0.5) is 4.79 Å². The van der Waals surface area contributed by atoms with Gasteiger partial charge in [-0.05, 0) is 88.4 Å².